The number of hydrogen-bond acceptors (Lipinski definition) is 10. The quantitative estimate of drug-likeness (QED) is 0.0198. The van der Waals surface area contributed by atoms with Crippen LogP contribution in [0.5, 0.6) is 17.2 Å². The Morgan fingerprint density at radius 1 is 0.873 bits per heavy atom. The molecule has 0 unspecified atom stereocenters. The molecular formula is C45H57N3O6S. The van der Waals surface area contributed by atoms with Crippen molar-refractivity contribution in [2.45, 2.75) is 97.3 Å². The number of nitrogens with one attached hydrogen (secondary N) is 1. The zero-order chi connectivity index (χ0) is 38.7. The Balaban J connectivity index is 1.33. The first-order valence-electron chi connectivity index (χ1n) is 20.1. The summed E-state index contributed by atoms with van der Waals surface area (Å²) in [5, 5.41) is 5.53. The van der Waals surface area contributed by atoms with Crippen LogP contribution in [0.2, 0.25) is 0 Å². The van der Waals surface area contributed by atoms with Crippen molar-refractivity contribution in [2.24, 2.45) is 16.9 Å². The van der Waals surface area contributed by atoms with Crippen LogP contribution in [0.3, 0.4) is 0 Å². The summed E-state index contributed by atoms with van der Waals surface area (Å²) in [6, 6.07) is 20.0. The number of para-hydroxylation sites is 1. The van der Waals surface area contributed by atoms with E-state index in [1.807, 2.05) is 24.3 Å². The number of rotatable bonds is 23. The van der Waals surface area contributed by atoms with Gasteiger partial charge in [-0.3, -0.25) is 4.79 Å². The Kier molecular flexibility index (Phi) is 17.2. The third-order valence-corrected chi connectivity index (χ3v) is 11.0. The number of esters is 2. The van der Waals surface area contributed by atoms with Gasteiger partial charge in [-0.05, 0) is 112 Å². The predicted octanol–water partition coefficient (Wildman–Crippen LogP) is 10.7. The maximum absolute atomic E-state index is 13.6. The summed E-state index contributed by atoms with van der Waals surface area (Å²) in [5.41, 5.74) is 5.54. The van der Waals surface area contributed by atoms with Crippen LogP contribution in [0.1, 0.15) is 118 Å². The number of benzene rings is 3. The molecule has 1 fully saturated rings. The lowest BCUT2D eigenvalue weighted by molar-refractivity contribution is -0.140. The average Bonchev–Trinajstić information content (AvgIpc) is 3.65. The lowest BCUT2D eigenvalue weighted by Gasteiger charge is -2.26. The highest BCUT2D eigenvalue weighted by atomic mass is 32.1. The molecule has 1 aliphatic rings. The zero-order valence-electron chi connectivity index (χ0n) is 32.6. The van der Waals surface area contributed by atoms with Gasteiger partial charge in [0, 0.05) is 13.2 Å². The first-order valence-corrected chi connectivity index (χ1v) is 21.0. The van der Waals surface area contributed by atoms with Gasteiger partial charge in [-0.15, -0.1) is 17.9 Å². The van der Waals surface area contributed by atoms with Crippen molar-refractivity contribution in [1.29, 1.82) is 0 Å². The number of unbranched alkanes of at least 4 members (excludes halogenated alkanes) is 6. The molecule has 1 N–H and O–H groups in total. The number of aromatic nitrogens is 1. The fourth-order valence-corrected chi connectivity index (χ4v) is 7.65. The van der Waals surface area contributed by atoms with Crippen molar-refractivity contribution in [2.75, 3.05) is 26.4 Å². The minimum Gasteiger partial charge on any atom is -0.494 e. The van der Waals surface area contributed by atoms with Crippen LogP contribution in [0.4, 0.5) is 0 Å². The van der Waals surface area contributed by atoms with Gasteiger partial charge in [-0.25, -0.2) is 9.78 Å². The minimum atomic E-state index is -0.513. The molecule has 0 spiro atoms. The second-order valence-electron chi connectivity index (χ2n) is 14.2. The molecular weight excluding hydrogens is 711 g/mol. The maximum Gasteiger partial charge on any atom is 0.343 e. The summed E-state index contributed by atoms with van der Waals surface area (Å²) in [4.78, 5) is 32.0. The van der Waals surface area contributed by atoms with Crippen LogP contribution in [0.25, 0.3) is 10.2 Å². The average molecular weight is 768 g/mol. The summed E-state index contributed by atoms with van der Waals surface area (Å²) < 4.78 is 24.5. The van der Waals surface area contributed by atoms with Crippen molar-refractivity contribution < 1.29 is 28.5 Å². The highest BCUT2D eigenvalue weighted by Gasteiger charge is 2.29. The Labute approximate surface area is 330 Å². The van der Waals surface area contributed by atoms with Gasteiger partial charge < -0.3 is 24.4 Å². The van der Waals surface area contributed by atoms with Crippen molar-refractivity contribution in [3.05, 3.63) is 95.5 Å². The molecule has 0 amide bonds. The molecule has 1 heterocycles. The highest BCUT2D eigenvalue weighted by Crippen LogP contribution is 2.35. The van der Waals surface area contributed by atoms with E-state index < -0.39 is 5.97 Å². The van der Waals surface area contributed by atoms with Gasteiger partial charge in [-0.1, -0.05) is 64.2 Å². The Morgan fingerprint density at radius 3 is 2.36 bits per heavy atom. The molecule has 3 aromatic carbocycles. The van der Waals surface area contributed by atoms with E-state index in [0.29, 0.717) is 64.8 Å². The molecule has 9 nitrogen and oxygen atoms in total. The molecule has 0 atom stereocenters. The summed E-state index contributed by atoms with van der Waals surface area (Å²) in [6.07, 6.45) is 15.1. The molecule has 0 saturated heterocycles. The number of nitrogens with zero attached hydrogens (tertiary/aromatic N) is 2. The normalized spacial score (nSPS) is 15.8. The van der Waals surface area contributed by atoms with E-state index in [2.05, 4.69) is 25.9 Å². The lowest BCUT2D eigenvalue weighted by Crippen LogP contribution is -2.26. The Bertz CT molecular complexity index is 1800. The smallest absolute Gasteiger partial charge is 0.343 e. The number of ether oxygens (including phenoxy) is 4. The molecule has 5 rings (SSSR count). The van der Waals surface area contributed by atoms with Gasteiger partial charge >= 0.3 is 11.9 Å². The molecule has 0 radical (unpaired) electrons. The van der Waals surface area contributed by atoms with Crippen LogP contribution >= 0.6 is 11.3 Å². The fourth-order valence-electron chi connectivity index (χ4n) is 6.68. The topological polar surface area (TPSA) is 108 Å². The number of carbonyl (C=O) groups is 2. The van der Waals surface area contributed by atoms with Crippen LogP contribution in [0, 0.1) is 11.8 Å². The van der Waals surface area contributed by atoms with Gasteiger partial charge in [0.05, 0.1) is 40.5 Å². The van der Waals surface area contributed by atoms with Gasteiger partial charge in [0.1, 0.15) is 28.0 Å². The van der Waals surface area contributed by atoms with E-state index in [4.69, 9.17) is 29.0 Å². The van der Waals surface area contributed by atoms with E-state index in [0.717, 1.165) is 100 Å². The molecule has 55 heavy (non-hydrogen) atoms. The zero-order valence-corrected chi connectivity index (χ0v) is 33.4. The minimum absolute atomic E-state index is 0.160. The summed E-state index contributed by atoms with van der Waals surface area (Å²) >= 11 is 1.51. The molecule has 1 aromatic heterocycles. The van der Waals surface area contributed by atoms with E-state index in [-0.39, 0.29) is 11.9 Å². The van der Waals surface area contributed by atoms with E-state index >= 15 is 0 Å². The predicted molar refractivity (Wildman–Crippen MR) is 222 cm³/mol. The van der Waals surface area contributed by atoms with Gasteiger partial charge in [-0.2, -0.15) is 5.10 Å². The Morgan fingerprint density at radius 2 is 1.62 bits per heavy atom. The Hall–Kier alpha value is -4.54. The standard InChI is InChI=1S/C45H57N3O6S/c1-4-7-8-13-28-46-48-42(43-47-39-16-11-12-17-41(39)55-43)38-32-37(26-27-40(38)54-45(50)34-20-18-33(6-3)19-21-34)53-44(49)35-22-24-36(25-23-35)52-31-15-10-9-14-30-51-29-5-2/h5,11-12,16-17,22-27,32-34,46H,2,4,6-10,13-15,18-21,28-31H2,1,3H3. The highest BCUT2D eigenvalue weighted by molar-refractivity contribution is 7.20. The van der Waals surface area contributed by atoms with Gasteiger partial charge in [0.15, 0.2) is 0 Å². The summed E-state index contributed by atoms with van der Waals surface area (Å²) in [6.45, 7) is 10.7. The van der Waals surface area contributed by atoms with Crippen LogP contribution in [-0.4, -0.2) is 49.0 Å². The monoisotopic (exact) mass is 767 g/mol. The first kappa shape index (κ1) is 41.6. The molecule has 0 aliphatic heterocycles. The second kappa shape index (κ2) is 22.7. The molecule has 1 aliphatic carbocycles. The molecule has 1 saturated carbocycles. The van der Waals surface area contributed by atoms with Crippen molar-refractivity contribution in [3.63, 3.8) is 0 Å². The van der Waals surface area contributed by atoms with Crippen LogP contribution in [0.15, 0.2) is 84.5 Å². The maximum atomic E-state index is 13.6. The van der Waals surface area contributed by atoms with Gasteiger partial charge in [0.2, 0.25) is 0 Å². The summed E-state index contributed by atoms with van der Waals surface area (Å²) in [5.74, 6) is 1.10. The van der Waals surface area contributed by atoms with E-state index in [9.17, 15) is 9.59 Å². The fraction of sp³-hybridized carbons (Fsp3) is 0.467. The van der Waals surface area contributed by atoms with E-state index in [1.54, 1.807) is 48.5 Å². The SMILES string of the molecule is C=CCOCCCCCCOc1ccc(C(=O)Oc2ccc(OC(=O)C3CCC(CC)CC3)c(C(=NNCCCCCC)c3nc4ccccc4s3)c2)cc1. The van der Waals surface area contributed by atoms with E-state index in [1.165, 1.54) is 11.3 Å². The van der Waals surface area contributed by atoms with Crippen LogP contribution in [-0.2, 0) is 9.53 Å². The third kappa shape index (κ3) is 13.0. The van der Waals surface area contributed by atoms with Crippen molar-refractivity contribution in [1.82, 2.24) is 10.4 Å². The number of hydrazone groups is 1. The lowest BCUT2D eigenvalue weighted by atomic mass is 9.81. The molecule has 0 bridgehead atoms. The van der Waals surface area contributed by atoms with Crippen LogP contribution < -0.4 is 19.6 Å². The largest absolute Gasteiger partial charge is 0.494 e. The molecule has 294 valence electrons. The number of thiazole rings is 1. The molecule has 10 heteroatoms. The first-order chi connectivity index (χ1) is 27.0. The third-order valence-electron chi connectivity index (χ3n) is 9.99. The summed E-state index contributed by atoms with van der Waals surface area (Å²) in [7, 11) is 0. The second-order valence-corrected chi connectivity index (χ2v) is 15.2. The number of carbonyl (C=O) groups excluding carboxylic acids is 2. The molecule has 4 aromatic rings. The van der Waals surface area contributed by atoms with Crippen molar-refractivity contribution in [3.8, 4) is 17.2 Å². The number of fused-ring (bicyclic) bond motifs is 1. The number of hydrogen-bond donors (Lipinski definition) is 1. The van der Waals surface area contributed by atoms with Gasteiger partial charge in [0.25, 0.3) is 0 Å². The van der Waals surface area contributed by atoms with Crippen molar-refractivity contribution >= 4 is 39.2 Å².